The first-order valence-electron chi connectivity index (χ1n) is 4.58. The molecule has 16 heavy (non-hydrogen) atoms. The molecular formula is C11H8Cl2N2O. The van der Waals surface area contributed by atoms with E-state index in [1.165, 1.54) is 6.07 Å². The highest BCUT2D eigenvalue weighted by molar-refractivity contribution is 6.33. The molecule has 5 heteroatoms. The topological polar surface area (TPSA) is 35.0 Å². The van der Waals surface area contributed by atoms with Crippen molar-refractivity contribution in [1.29, 1.82) is 0 Å². The third-order valence-corrected chi connectivity index (χ3v) is 2.26. The summed E-state index contributed by atoms with van der Waals surface area (Å²) in [5, 5.41) is 0.504. The van der Waals surface area contributed by atoms with E-state index in [4.69, 9.17) is 27.9 Å². The van der Waals surface area contributed by atoms with Crippen molar-refractivity contribution in [2.45, 2.75) is 6.92 Å². The fourth-order valence-electron chi connectivity index (χ4n) is 1.13. The van der Waals surface area contributed by atoms with Gasteiger partial charge in [0.05, 0.1) is 0 Å². The van der Waals surface area contributed by atoms with E-state index in [0.717, 1.165) is 5.56 Å². The third kappa shape index (κ3) is 2.84. The van der Waals surface area contributed by atoms with E-state index in [1.807, 2.05) is 31.2 Å². The molecule has 0 saturated heterocycles. The first-order chi connectivity index (χ1) is 7.63. The SMILES string of the molecule is Cc1ccc(Oc2nc(Cl)cc(Cl)n2)cc1. The largest absolute Gasteiger partial charge is 0.424 e. The Morgan fingerprint density at radius 1 is 1.00 bits per heavy atom. The Labute approximate surface area is 103 Å². The van der Waals surface area contributed by atoms with Gasteiger partial charge in [-0.25, -0.2) is 0 Å². The average Bonchev–Trinajstić information content (AvgIpc) is 2.20. The van der Waals surface area contributed by atoms with Gasteiger partial charge in [-0.3, -0.25) is 0 Å². The molecule has 0 unspecified atom stereocenters. The highest BCUT2D eigenvalue weighted by Gasteiger charge is 2.03. The van der Waals surface area contributed by atoms with E-state index in [2.05, 4.69) is 9.97 Å². The minimum Gasteiger partial charge on any atom is -0.424 e. The first-order valence-corrected chi connectivity index (χ1v) is 5.34. The summed E-state index contributed by atoms with van der Waals surface area (Å²) in [6, 6.07) is 9.11. The number of hydrogen-bond donors (Lipinski definition) is 0. The van der Waals surface area contributed by atoms with Crippen molar-refractivity contribution in [2.24, 2.45) is 0 Å². The van der Waals surface area contributed by atoms with Crippen LogP contribution in [0.1, 0.15) is 5.56 Å². The van der Waals surface area contributed by atoms with Gasteiger partial charge in [0.15, 0.2) is 0 Å². The van der Waals surface area contributed by atoms with Gasteiger partial charge in [-0.2, -0.15) is 9.97 Å². The van der Waals surface area contributed by atoms with Gasteiger partial charge in [-0.15, -0.1) is 0 Å². The summed E-state index contributed by atoms with van der Waals surface area (Å²) in [5.41, 5.74) is 1.15. The van der Waals surface area contributed by atoms with Crippen LogP contribution in [0.3, 0.4) is 0 Å². The van der Waals surface area contributed by atoms with Crippen LogP contribution in [0.5, 0.6) is 11.8 Å². The molecule has 0 spiro atoms. The Bertz CT molecular complexity index is 480. The average molecular weight is 255 g/mol. The van der Waals surface area contributed by atoms with E-state index >= 15 is 0 Å². The lowest BCUT2D eigenvalue weighted by atomic mass is 10.2. The maximum atomic E-state index is 5.73. The number of halogens is 2. The van der Waals surface area contributed by atoms with Crippen LogP contribution in [0.15, 0.2) is 30.3 Å². The summed E-state index contributed by atoms with van der Waals surface area (Å²) in [7, 11) is 0. The van der Waals surface area contributed by atoms with Gasteiger partial charge in [0.1, 0.15) is 16.1 Å². The van der Waals surface area contributed by atoms with Gasteiger partial charge in [0, 0.05) is 6.07 Å². The van der Waals surface area contributed by atoms with E-state index in [-0.39, 0.29) is 16.3 Å². The molecule has 0 aliphatic rings. The number of ether oxygens (including phenoxy) is 1. The van der Waals surface area contributed by atoms with Crippen LogP contribution in [-0.2, 0) is 0 Å². The summed E-state index contributed by atoms with van der Waals surface area (Å²) in [6.45, 7) is 2.00. The molecule has 0 amide bonds. The van der Waals surface area contributed by atoms with Gasteiger partial charge in [0.2, 0.25) is 0 Å². The summed E-state index contributed by atoms with van der Waals surface area (Å²) < 4.78 is 5.40. The molecule has 0 N–H and O–H groups in total. The second-order valence-corrected chi connectivity index (χ2v) is 3.99. The molecule has 0 saturated carbocycles. The number of hydrogen-bond acceptors (Lipinski definition) is 3. The highest BCUT2D eigenvalue weighted by atomic mass is 35.5. The van der Waals surface area contributed by atoms with E-state index in [9.17, 15) is 0 Å². The van der Waals surface area contributed by atoms with Crippen molar-refractivity contribution in [3.8, 4) is 11.8 Å². The van der Waals surface area contributed by atoms with Crippen molar-refractivity contribution < 1.29 is 4.74 Å². The predicted molar refractivity (Wildman–Crippen MR) is 63.3 cm³/mol. The second kappa shape index (κ2) is 4.68. The van der Waals surface area contributed by atoms with Crippen LogP contribution < -0.4 is 4.74 Å². The van der Waals surface area contributed by atoms with Gasteiger partial charge in [-0.1, -0.05) is 40.9 Å². The quantitative estimate of drug-likeness (QED) is 0.763. The third-order valence-electron chi connectivity index (χ3n) is 1.87. The van der Waals surface area contributed by atoms with Crippen molar-refractivity contribution in [2.75, 3.05) is 0 Å². The molecule has 0 radical (unpaired) electrons. The fourth-order valence-corrected chi connectivity index (χ4v) is 1.54. The van der Waals surface area contributed by atoms with Crippen molar-refractivity contribution >= 4 is 23.2 Å². The molecule has 3 nitrogen and oxygen atoms in total. The Balaban J connectivity index is 2.23. The molecule has 0 aliphatic carbocycles. The van der Waals surface area contributed by atoms with Gasteiger partial charge in [0.25, 0.3) is 0 Å². The highest BCUT2D eigenvalue weighted by Crippen LogP contribution is 2.21. The maximum absolute atomic E-state index is 5.73. The summed E-state index contributed by atoms with van der Waals surface area (Å²) >= 11 is 11.5. The smallest absolute Gasteiger partial charge is 0.324 e. The monoisotopic (exact) mass is 254 g/mol. The maximum Gasteiger partial charge on any atom is 0.324 e. The number of rotatable bonds is 2. The lowest BCUT2D eigenvalue weighted by Crippen LogP contribution is -1.92. The first kappa shape index (κ1) is 11.2. The zero-order valence-electron chi connectivity index (χ0n) is 8.45. The molecule has 0 aliphatic heterocycles. The van der Waals surface area contributed by atoms with Gasteiger partial charge < -0.3 is 4.74 Å². The summed E-state index contributed by atoms with van der Waals surface area (Å²) in [5.74, 6) is 0.643. The molecule has 0 fully saturated rings. The molecule has 2 aromatic rings. The van der Waals surface area contributed by atoms with Crippen molar-refractivity contribution in [3.05, 3.63) is 46.2 Å². The molecular weight excluding hydrogens is 247 g/mol. The zero-order valence-corrected chi connectivity index (χ0v) is 9.96. The summed E-state index contributed by atoms with van der Waals surface area (Å²) in [6.07, 6.45) is 0. The normalized spacial score (nSPS) is 10.2. The molecule has 82 valence electrons. The van der Waals surface area contributed by atoms with E-state index < -0.39 is 0 Å². The Kier molecular flexibility index (Phi) is 3.27. The minimum absolute atomic E-state index is 0.140. The standard InChI is InChI=1S/C11H8Cl2N2O/c1-7-2-4-8(5-3-7)16-11-14-9(12)6-10(13)15-11/h2-6H,1H3. The Morgan fingerprint density at radius 3 is 2.12 bits per heavy atom. The zero-order chi connectivity index (χ0) is 11.5. The van der Waals surface area contributed by atoms with Crippen LogP contribution in [0.2, 0.25) is 10.3 Å². The summed E-state index contributed by atoms with van der Waals surface area (Å²) in [4.78, 5) is 7.80. The van der Waals surface area contributed by atoms with Crippen LogP contribution in [0.25, 0.3) is 0 Å². The van der Waals surface area contributed by atoms with Crippen LogP contribution in [0.4, 0.5) is 0 Å². The Morgan fingerprint density at radius 2 is 1.56 bits per heavy atom. The molecule has 0 bridgehead atoms. The predicted octanol–water partition coefficient (Wildman–Crippen LogP) is 3.88. The van der Waals surface area contributed by atoms with Crippen LogP contribution >= 0.6 is 23.2 Å². The molecule has 1 aromatic carbocycles. The lowest BCUT2D eigenvalue weighted by Gasteiger charge is -2.04. The van der Waals surface area contributed by atoms with Crippen molar-refractivity contribution in [1.82, 2.24) is 9.97 Å². The number of aromatic nitrogens is 2. The number of nitrogens with zero attached hydrogens (tertiary/aromatic N) is 2. The fraction of sp³-hybridized carbons (Fsp3) is 0.0909. The molecule has 1 aromatic heterocycles. The van der Waals surface area contributed by atoms with Gasteiger partial charge >= 0.3 is 6.01 Å². The van der Waals surface area contributed by atoms with Gasteiger partial charge in [-0.05, 0) is 19.1 Å². The molecule has 2 rings (SSSR count). The minimum atomic E-state index is 0.140. The molecule has 1 heterocycles. The molecule has 0 atom stereocenters. The van der Waals surface area contributed by atoms with E-state index in [1.54, 1.807) is 0 Å². The lowest BCUT2D eigenvalue weighted by molar-refractivity contribution is 0.442. The Hall–Kier alpha value is -1.32. The van der Waals surface area contributed by atoms with Crippen LogP contribution in [-0.4, -0.2) is 9.97 Å². The van der Waals surface area contributed by atoms with E-state index in [0.29, 0.717) is 5.75 Å². The van der Waals surface area contributed by atoms with Crippen molar-refractivity contribution in [3.63, 3.8) is 0 Å². The van der Waals surface area contributed by atoms with Crippen LogP contribution in [0, 0.1) is 6.92 Å². The number of benzene rings is 1. The number of aryl methyl sites for hydroxylation is 1. The second-order valence-electron chi connectivity index (χ2n) is 3.21.